The molecule has 2 saturated heterocycles. The van der Waals surface area contributed by atoms with Gasteiger partial charge in [-0.2, -0.15) is 4.98 Å². The Kier molecular flexibility index (Phi) is 6.17. The van der Waals surface area contributed by atoms with Gasteiger partial charge < -0.3 is 19.9 Å². The van der Waals surface area contributed by atoms with Gasteiger partial charge >= 0.3 is 5.69 Å². The van der Waals surface area contributed by atoms with Crippen LogP contribution in [0, 0.1) is 19.3 Å². The predicted octanol–water partition coefficient (Wildman–Crippen LogP) is 0.543. The van der Waals surface area contributed by atoms with Gasteiger partial charge in [-0.1, -0.05) is 0 Å². The van der Waals surface area contributed by atoms with Crippen LogP contribution in [0.3, 0.4) is 0 Å². The Morgan fingerprint density at radius 3 is 2.75 bits per heavy atom. The first-order valence-corrected chi connectivity index (χ1v) is 10.1. The molecule has 0 aliphatic carbocycles. The Labute approximate surface area is 164 Å². The number of H-pyrrole nitrogens is 1. The van der Waals surface area contributed by atoms with Gasteiger partial charge in [0.1, 0.15) is 0 Å². The van der Waals surface area contributed by atoms with Crippen LogP contribution in [0.2, 0.25) is 0 Å². The number of aromatic nitrogens is 2. The van der Waals surface area contributed by atoms with Crippen LogP contribution in [0.25, 0.3) is 0 Å². The molecule has 2 aliphatic rings. The van der Waals surface area contributed by atoms with Gasteiger partial charge in [-0.25, -0.2) is 4.79 Å². The monoisotopic (exact) mass is 390 g/mol. The second-order valence-electron chi connectivity index (χ2n) is 8.19. The second kappa shape index (κ2) is 8.43. The first-order valence-electron chi connectivity index (χ1n) is 10.1. The first-order chi connectivity index (χ1) is 13.3. The number of aromatic amines is 1. The summed E-state index contributed by atoms with van der Waals surface area (Å²) < 4.78 is 0. The number of nitrogens with one attached hydrogen (secondary N) is 1. The molecule has 1 atom stereocenters. The van der Waals surface area contributed by atoms with Gasteiger partial charge in [-0.3, -0.25) is 9.59 Å². The van der Waals surface area contributed by atoms with Gasteiger partial charge in [0.25, 0.3) is 0 Å². The van der Waals surface area contributed by atoms with Crippen molar-refractivity contribution in [3.8, 4) is 0 Å². The zero-order valence-corrected chi connectivity index (χ0v) is 16.8. The molecule has 0 aromatic carbocycles. The number of hydrogen-bond acceptors (Lipinski definition) is 5. The predicted molar refractivity (Wildman–Crippen MR) is 104 cm³/mol. The van der Waals surface area contributed by atoms with Gasteiger partial charge in [0.15, 0.2) is 0 Å². The van der Waals surface area contributed by atoms with E-state index in [9.17, 15) is 19.5 Å². The zero-order chi connectivity index (χ0) is 20.3. The number of amides is 2. The van der Waals surface area contributed by atoms with E-state index in [1.165, 1.54) is 0 Å². The Morgan fingerprint density at radius 2 is 2.04 bits per heavy atom. The molecular formula is C20H30N4O4. The first kappa shape index (κ1) is 20.5. The van der Waals surface area contributed by atoms with Crippen molar-refractivity contribution in [2.75, 3.05) is 32.8 Å². The van der Waals surface area contributed by atoms with E-state index >= 15 is 0 Å². The van der Waals surface area contributed by atoms with Crippen molar-refractivity contribution in [3.63, 3.8) is 0 Å². The molecule has 1 spiro atoms. The molecule has 3 rings (SSSR count). The number of carbonyl (C=O) groups excluding carboxylic acids is 2. The molecule has 2 amide bonds. The Morgan fingerprint density at radius 1 is 1.25 bits per heavy atom. The van der Waals surface area contributed by atoms with Gasteiger partial charge in [-0.05, 0) is 45.1 Å². The van der Waals surface area contributed by atoms with Crippen LogP contribution >= 0.6 is 0 Å². The number of hydrogen-bond donors (Lipinski definition) is 2. The molecule has 2 aliphatic heterocycles. The lowest BCUT2D eigenvalue weighted by Crippen LogP contribution is -2.55. The van der Waals surface area contributed by atoms with Crippen LogP contribution in [-0.4, -0.2) is 69.5 Å². The summed E-state index contributed by atoms with van der Waals surface area (Å²) in [7, 11) is 0. The van der Waals surface area contributed by atoms with E-state index in [0.29, 0.717) is 44.6 Å². The smallest absolute Gasteiger partial charge is 0.345 e. The summed E-state index contributed by atoms with van der Waals surface area (Å²) in [6.07, 6.45) is 4.17. The van der Waals surface area contributed by atoms with Crippen molar-refractivity contribution < 1.29 is 14.7 Å². The highest BCUT2D eigenvalue weighted by Crippen LogP contribution is 2.39. The standard InChI is InChI=1S/C20H30N4O4/c1-14-16(15(2)22-19(28)21-14)4-5-17(26)23-9-3-7-20(12-23)8-6-18(27)24(13-20)10-11-25/h25H,3-13H2,1-2H3,(H,21,22,28). The van der Waals surface area contributed by atoms with Gasteiger partial charge in [-0.15, -0.1) is 0 Å². The molecule has 1 aromatic heterocycles. The fourth-order valence-electron chi connectivity index (χ4n) is 4.69. The van der Waals surface area contributed by atoms with Crippen molar-refractivity contribution in [3.05, 3.63) is 27.4 Å². The van der Waals surface area contributed by atoms with Crippen molar-refractivity contribution in [1.82, 2.24) is 19.8 Å². The number of piperidine rings is 2. The van der Waals surface area contributed by atoms with E-state index in [-0.39, 0.29) is 29.5 Å². The quantitative estimate of drug-likeness (QED) is 0.763. The lowest BCUT2D eigenvalue weighted by molar-refractivity contribution is -0.143. The van der Waals surface area contributed by atoms with Crippen LogP contribution < -0.4 is 5.69 Å². The van der Waals surface area contributed by atoms with Crippen molar-refractivity contribution in [2.24, 2.45) is 5.41 Å². The largest absolute Gasteiger partial charge is 0.395 e. The SMILES string of the molecule is Cc1nc(=O)[nH]c(C)c1CCC(=O)N1CCCC2(CCC(=O)N(CCO)C2)C1. The number of nitrogens with zero attached hydrogens (tertiary/aromatic N) is 3. The maximum absolute atomic E-state index is 12.9. The van der Waals surface area contributed by atoms with E-state index in [4.69, 9.17) is 0 Å². The minimum atomic E-state index is -0.359. The normalized spacial score (nSPS) is 22.8. The highest BCUT2D eigenvalue weighted by Gasteiger charge is 2.42. The van der Waals surface area contributed by atoms with Crippen molar-refractivity contribution in [1.29, 1.82) is 0 Å². The summed E-state index contributed by atoms with van der Waals surface area (Å²) in [5.74, 6) is 0.203. The average Bonchev–Trinajstić information content (AvgIpc) is 2.64. The number of rotatable bonds is 5. The molecule has 0 bridgehead atoms. The van der Waals surface area contributed by atoms with Gasteiger partial charge in [0.2, 0.25) is 11.8 Å². The molecule has 8 heteroatoms. The third-order valence-corrected chi connectivity index (χ3v) is 6.17. The zero-order valence-electron chi connectivity index (χ0n) is 16.8. The minimum absolute atomic E-state index is 0.0314. The number of aliphatic hydroxyl groups excluding tert-OH is 1. The highest BCUT2D eigenvalue weighted by molar-refractivity contribution is 5.78. The molecule has 154 valence electrons. The molecule has 1 unspecified atom stereocenters. The molecule has 3 heterocycles. The van der Waals surface area contributed by atoms with Crippen LogP contribution in [-0.2, 0) is 16.0 Å². The molecule has 8 nitrogen and oxygen atoms in total. The van der Waals surface area contributed by atoms with Gasteiger partial charge in [0, 0.05) is 55.8 Å². The second-order valence-corrected chi connectivity index (χ2v) is 8.19. The van der Waals surface area contributed by atoms with Gasteiger partial charge in [0.05, 0.1) is 6.61 Å². The molecule has 0 radical (unpaired) electrons. The van der Waals surface area contributed by atoms with E-state index in [1.54, 1.807) is 11.8 Å². The number of carbonyl (C=O) groups is 2. The lowest BCUT2D eigenvalue weighted by atomic mass is 9.73. The molecule has 2 N–H and O–H groups in total. The summed E-state index contributed by atoms with van der Waals surface area (Å²) in [5, 5.41) is 9.22. The van der Waals surface area contributed by atoms with Crippen molar-refractivity contribution >= 4 is 11.8 Å². The molecule has 28 heavy (non-hydrogen) atoms. The van der Waals surface area contributed by atoms with Crippen LogP contribution in [0.4, 0.5) is 0 Å². The Balaban J connectivity index is 1.63. The summed E-state index contributed by atoms with van der Waals surface area (Å²) >= 11 is 0. The summed E-state index contributed by atoms with van der Waals surface area (Å²) in [4.78, 5) is 46.7. The average molecular weight is 390 g/mol. The van der Waals surface area contributed by atoms with Crippen LogP contribution in [0.15, 0.2) is 4.79 Å². The molecule has 2 fully saturated rings. The Bertz CT molecular complexity index is 780. The number of aryl methyl sites for hydroxylation is 2. The molecular weight excluding hydrogens is 360 g/mol. The third kappa shape index (κ3) is 4.43. The van der Waals surface area contributed by atoms with E-state index < -0.39 is 0 Å². The molecule has 1 aromatic rings. The van der Waals surface area contributed by atoms with Crippen LogP contribution in [0.1, 0.15) is 49.1 Å². The Hall–Kier alpha value is -2.22. The maximum atomic E-state index is 12.9. The number of aliphatic hydroxyl groups is 1. The number of β-amino-alcohol motifs (C(OH)–C–C–N with tert-alkyl or cyclic N) is 1. The van der Waals surface area contributed by atoms with Crippen LogP contribution in [0.5, 0.6) is 0 Å². The van der Waals surface area contributed by atoms with Crippen molar-refractivity contribution in [2.45, 2.75) is 52.4 Å². The summed E-state index contributed by atoms with van der Waals surface area (Å²) in [6, 6.07) is 0. The molecule has 0 saturated carbocycles. The lowest BCUT2D eigenvalue weighted by Gasteiger charge is -2.48. The fourth-order valence-corrected chi connectivity index (χ4v) is 4.69. The third-order valence-electron chi connectivity index (χ3n) is 6.17. The maximum Gasteiger partial charge on any atom is 0.345 e. The number of likely N-dealkylation sites (tertiary alicyclic amines) is 2. The topological polar surface area (TPSA) is 107 Å². The highest BCUT2D eigenvalue weighted by atomic mass is 16.3. The summed E-state index contributed by atoms with van der Waals surface area (Å²) in [5.41, 5.74) is 1.96. The van der Waals surface area contributed by atoms with E-state index in [1.807, 2.05) is 11.8 Å². The minimum Gasteiger partial charge on any atom is -0.395 e. The van der Waals surface area contributed by atoms with E-state index in [0.717, 1.165) is 37.1 Å². The fraction of sp³-hybridized carbons (Fsp3) is 0.700. The summed E-state index contributed by atoms with van der Waals surface area (Å²) in [6.45, 7) is 6.01. The van der Waals surface area contributed by atoms with E-state index in [2.05, 4.69) is 9.97 Å².